The summed E-state index contributed by atoms with van der Waals surface area (Å²) in [7, 11) is -3.81. The Hall–Kier alpha value is -0.780. The molecule has 0 saturated carbocycles. The van der Waals surface area contributed by atoms with Crippen molar-refractivity contribution in [1.29, 1.82) is 0 Å². The van der Waals surface area contributed by atoms with Crippen LogP contribution in [0.3, 0.4) is 0 Å². The molecule has 0 unspecified atom stereocenters. The highest BCUT2D eigenvalue weighted by atomic mass is 35.5. The number of hydrogen-bond acceptors (Lipinski definition) is 3. The number of rotatable bonds is 6. The summed E-state index contributed by atoms with van der Waals surface area (Å²) in [6.07, 6.45) is 2.99. The van der Waals surface area contributed by atoms with Crippen molar-refractivity contribution in [3.63, 3.8) is 0 Å². The highest BCUT2D eigenvalue weighted by Gasteiger charge is 2.15. The van der Waals surface area contributed by atoms with Crippen molar-refractivity contribution in [3.05, 3.63) is 23.2 Å². The van der Waals surface area contributed by atoms with Crippen LogP contribution in [0.2, 0.25) is 5.02 Å². The van der Waals surface area contributed by atoms with Gasteiger partial charge in [-0.3, -0.25) is 0 Å². The molecule has 0 aromatic heterocycles. The Morgan fingerprint density at radius 3 is 2.65 bits per heavy atom. The average molecular weight is 278 g/mol. The maximum absolute atomic E-state index is 11.3. The SMILES string of the molecule is CCCCCOc1ccc(Cl)cc1S(N)(=O)=O. The Balaban J connectivity index is 2.84. The lowest BCUT2D eigenvalue weighted by Gasteiger charge is -2.10. The molecule has 1 aromatic carbocycles. The number of unbranched alkanes of at least 4 members (excludes halogenated alkanes) is 2. The van der Waals surface area contributed by atoms with Gasteiger partial charge in [0, 0.05) is 5.02 Å². The van der Waals surface area contributed by atoms with Crippen LogP contribution in [0, 0.1) is 0 Å². The summed E-state index contributed by atoms with van der Waals surface area (Å²) in [4.78, 5) is -0.0681. The fraction of sp³-hybridized carbons (Fsp3) is 0.455. The topological polar surface area (TPSA) is 69.4 Å². The molecule has 0 aliphatic rings. The van der Waals surface area contributed by atoms with E-state index in [0.29, 0.717) is 11.6 Å². The van der Waals surface area contributed by atoms with Crippen LogP contribution in [0.4, 0.5) is 0 Å². The molecule has 1 aromatic rings. The molecule has 17 heavy (non-hydrogen) atoms. The number of nitrogens with two attached hydrogens (primary N) is 1. The third kappa shape index (κ3) is 4.53. The van der Waals surface area contributed by atoms with Gasteiger partial charge in [0.1, 0.15) is 10.6 Å². The van der Waals surface area contributed by atoms with Crippen LogP contribution < -0.4 is 9.88 Å². The first-order chi connectivity index (χ1) is 7.95. The molecule has 0 spiro atoms. The van der Waals surface area contributed by atoms with E-state index < -0.39 is 10.0 Å². The third-order valence-electron chi connectivity index (χ3n) is 2.22. The fourth-order valence-corrected chi connectivity index (χ4v) is 2.29. The van der Waals surface area contributed by atoms with E-state index in [1.54, 1.807) is 6.07 Å². The largest absolute Gasteiger partial charge is 0.492 e. The van der Waals surface area contributed by atoms with Crippen molar-refractivity contribution < 1.29 is 13.2 Å². The minimum atomic E-state index is -3.81. The molecule has 0 heterocycles. The third-order valence-corrected chi connectivity index (χ3v) is 3.38. The van der Waals surface area contributed by atoms with Crippen molar-refractivity contribution in [2.45, 2.75) is 31.1 Å². The van der Waals surface area contributed by atoms with E-state index in [1.807, 2.05) is 0 Å². The van der Waals surface area contributed by atoms with Gasteiger partial charge in [0.15, 0.2) is 0 Å². The van der Waals surface area contributed by atoms with E-state index in [-0.39, 0.29) is 10.6 Å². The van der Waals surface area contributed by atoms with E-state index in [1.165, 1.54) is 12.1 Å². The van der Waals surface area contributed by atoms with Crippen LogP contribution in [0.15, 0.2) is 23.1 Å². The first-order valence-corrected chi connectivity index (χ1v) is 7.32. The maximum atomic E-state index is 11.3. The zero-order valence-electron chi connectivity index (χ0n) is 9.65. The first-order valence-electron chi connectivity index (χ1n) is 5.40. The Morgan fingerprint density at radius 2 is 2.06 bits per heavy atom. The summed E-state index contributed by atoms with van der Waals surface area (Å²) in [6, 6.07) is 4.39. The predicted molar refractivity (Wildman–Crippen MR) is 67.8 cm³/mol. The van der Waals surface area contributed by atoms with E-state index in [9.17, 15) is 8.42 Å². The van der Waals surface area contributed by atoms with Gasteiger partial charge in [-0.2, -0.15) is 0 Å². The molecule has 0 amide bonds. The van der Waals surface area contributed by atoms with Gasteiger partial charge >= 0.3 is 0 Å². The average Bonchev–Trinajstić information content (AvgIpc) is 2.25. The van der Waals surface area contributed by atoms with E-state index in [0.717, 1.165) is 19.3 Å². The molecule has 96 valence electrons. The minimum absolute atomic E-state index is 0.0681. The lowest BCUT2D eigenvalue weighted by Crippen LogP contribution is -2.14. The molecule has 1 rings (SSSR count). The highest BCUT2D eigenvalue weighted by molar-refractivity contribution is 7.89. The lowest BCUT2D eigenvalue weighted by atomic mass is 10.3. The molecule has 4 nitrogen and oxygen atoms in total. The van der Waals surface area contributed by atoms with E-state index >= 15 is 0 Å². The van der Waals surface area contributed by atoms with Gasteiger partial charge in [0.25, 0.3) is 0 Å². The summed E-state index contributed by atoms with van der Waals surface area (Å²) in [5, 5.41) is 5.41. The normalized spacial score (nSPS) is 11.5. The van der Waals surface area contributed by atoms with E-state index in [4.69, 9.17) is 21.5 Å². The molecule has 0 atom stereocenters. The predicted octanol–water partition coefficient (Wildman–Crippen LogP) is 2.56. The van der Waals surface area contributed by atoms with Crippen LogP contribution in [0.5, 0.6) is 5.75 Å². The van der Waals surface area contributed by atoms with Crippen molar-refractivity contribution in [1.82, 2.24) is 0 Å². The zero-order chi connectivity index (χ0) is 12.9. The van der Waals surface area contributed by atoms with Crippen LogP contribution in [0.25, 0.3) is 0 Å². The fourth-order valence-electron chi connectivity index (χ4n) is 1.36. The molecular weight excluding hydrogens is 262 g/mol. The zero-order valence-corrected chi connectivity index (χ0v) is 11.2. The van der Waals surface area contributed by atoms with Crippen molar-refractivity contribution in [3.8, 4) is 5.75 Å². The number of ether oxygens (including phenoxy) is 1. The quantitative estimate of drug-likeness (QED) is 0.813. The molecule has 0 bridgehead atoms. The van der Waals surface area contributed by atoms with Crippen molar-refractivity contribution in [2.24, 2.45) is 5.14 Å². The Labute approximate surface area is 107 Å². The standard InChI is InChI=1S/C11H16ClNO3S/c1-2-3-4-7-16-10-6-5-9(12)8-11(10)17(13,14)15/h5-6,8H,2-4,7H2,1H3,(H2,13,14,15). The van der Waals surface area contributed by atoms with Gasteiger partial charge in [0.2, 0.25) is 10.0 Å². The monoisotopic (exact) mass is 277 g/mol. The van der Waals surface area contributed by atoms with Gasteiger partial charge in [-0.25, -0.2) is 13.6 Å². The highest BCUT2D eigenvalue weighted by Crippen LogP contribution is 2.26. The molecule has 0 radical (unpaired) electrons. The Bertz CT molecular complexity index is 474. The second-order valence-electron chi connectivity index (χ2n) is 3.69. The Morgan fingerprint density at radius 1 is 1.35 bits per heavy atom. The van der Waals surface area contributed by atoms with Gasteiger partial charge in [-0.1, -0.05) is 31.4 Å². The molecule has 0 saturated heterocycles. The van der Waals surface area contributed by atoms with E-state index in [2.05, 4.69) is 6.92 Å². The van der Waals surface area contributed by atoms with Crippen LogP contribution in [-0.2, 0) is 10.0 Å². The van der Waals surface area contributed by atoms with Gasteiger partial charge < -0.3 is 4.74 Å². The van der Waals surface area contributed by atoms with Gasteiger partial charge in [-0.15, -0.1) is 0 Å². The van der Waals surface area contributed by atoms with Crippen LogP contribution in [-0.4, -0.2) is 15.0 Å². The molecule has 0 aliphatic heterocycles. The second-order valence-corrected chi connectivity index (χ2v) is 5.66. The number of halogens is 1. The van der Waals surface area contributed by atoms with Crippen LogP contribution in [0.1, 0.15) is 26.2 Å². The molecular formula is C11H16ClNO3S. The maximum Gasteiger partial charge on any atom is 0.241 e. The smallest absolute Gasteiger partial charge is 0.241 e. The summed E-state index contributed by atoms with van der Waals surface area (Å²) in [5.41, 5.74) is 0. The summed E-state index contributed by atoms with van der Waals surface area (Å²) in [5.74, 6) is 0.257. The molecule has 6 heteroatoms. The minimum Gasteiger partial charge on any atom is -0.492 e. The summed E-state index contributed by atoms with van der Waals surface area (Å²) >= 11 is 5.73. The molecule has 0 fully saturated rings. The summed E-state index contributed by atoms with van der Waals surface area (Å²) < 4.78 is 28.1. The molecule has 0 aliphatic carbocycles. The number of benzene rings is 1. The first kappa shape index (κ1) is 14.3. The van der Waals surface area contributed by atoms with Crippen molar-refractivity contribution in [2.75, 3.05) is 6.61 Å². The van der Waals surface area contributed by atoms with Crippen molar-refractivity contribution >= 4 is 21.6 Å². The van der Waals surface area contributed by atoms with Crippen LogP contribution >= 0.6 is 11.6 Å². The van der Waals surface area contributed by atoms with Gasteiger partial charge in [0.05, 0.1) is 6.61 Å². The second kappa shape index (κ2) is 6.23. The lowest BCUT2D eigenvalue weighted by molar-refractivity contribution is 0.298. The number of sulfonamides is 1. The number of hydrogen-bond donors (Lipinski definition) is 1. The summed E-state index contributed by atoms with van der Waals surface area (Å²) in [6.45, 7) is 2.55. The number of primary sulfonamides is 1. The Kier molecular flexibility index (Phi) is 5.24. The van der Waals surface area contributed by atoms with Gasteiger partial charge in [-0.05, 0) is 24.6 Å². The molecule has 2 N–H and O–H groups in total.